The van der Waals surface area contributed by atoms with E-state index in [0.717, 1.165) is 11.3 Å². The van der Waals surface area contributed by atoms with Crippen LogP contribution in [-0.2, 0) is 32.5 Å². The van der Waals surface area contributed by atoms with E-state index in [1.165, 1.54) is 25.3 Å². The van der Waals surface area contributed by atoms with Gasteiger partial charge in [-0.15, -0.1) is 11.3 Å². The Balaban J connectivity index is 1.96. The average Bonchev–Trinajstić information content (AvgIpc) is 3.12. The Kier molecular flexibility index (Phi) is 7.08. The van der Waals surface area contributed by atoms with Crippen LogP contribution in [0.5, 0.6) is 0 Å². The molecule has 1 aromatic carbocycles. The van der Waals surface area contributed by atoms with Crippen molar-refractivity contribution in [3.63, 3.8) is 0 Å². The molecule has 1 aromatic heterocycles. The van der Waals surface area contributed by atoms with Gasteiger partial charge < -0.3 is 9.64 Å². The van der Waals surface area contributed by atoms with Gasteiger partial charge in [-0.25, -0.2) is 13.2 Å². The summed E-state index contributed by atoms with van der Waals surface area (Å²) in [5.41, 5.74) is 0.973. The van der Waals surface area contributed by atoms with Crippen molar-refractivity contribution >= 4 is 50.5 Å². The number of rotatable bonds is 6. The van der Waals surface area contributed by atoms with E-state index in [-0.39, 0.29) is 28.1 Å². The number of carbonyl (C=O) groups excluding carboxylic acids is 2. The third-order valence-corrected chi connectivity index (χ3v) is 8.06. The number of allylic oxidation sites excluding steroid dienone is 1. The predicted octanol–water partition coefficient (Wildman–Crippen LogP) is 4.09. The summed E-state index contributed by atoms with van der Waals surface area (Å²) in [7, 11) is -2.84. The largest absolute Gasteiger partial charge is 0.465 e. The number of hydrogen-bond acceptors (Lipinski definition) is 6. The second kappa shape index (κ2) is 9.42. The van der Waals surface area contributed by atoms with Gasteiger partial charge >= 0.3 is 5.97 Å². The molecule has 0 radical (unpaired) electrons. The molecule has 1 amide bonds. The minimum atomic E-state index is -4.06. The van der Waals surface area contributed by atoms with Crippen LogP contribution in [0.15, 0.2) is 40.6 Å². The van der Waals surface area contributed by atoms with Gasteiger partial charge in [-0.2, -0.15) is 0 Å². The van der Waals surface area contributed by atoms with Crippen LogP contribution in [0.4, 0.5) is 5.69 Å². The Bertz CT molecular complexity index is 1120. The Hall–Kier alpha value is -2.36. The molecular weight excluding hydrogens is 460 g/mol. The molecule has 0 spiro atoms. The lowest BCUT2D eigenvalue weighted by molar-refractivity contribution is -0.126. The van der Waals surface area contributed by atoms with Crippen molar-refractivity contribution in [3.8, 4) is 0 Å². The minimum absolute atomic E-state index is 0.0359. The first-order valence-electron chi connectivity index (χ1n) is 9.60. The highest BCUT2D eigenvalue weighted by molar-refractivity contribution is 7.94. The predicted molar refractivity (Wildman–Crippen MR) is 121 cm³/mol. The molecule has 31 heavy (non-hydrogen) atoms. The van der Waals surface area contributed by atoms with E-state index < -0.39 is 16.0 Å². The summed E-state index contributed by atoms with van der Waals surface area (Å²) in [6.45, 7) is 4.58. The standard InChI is InChI=1S/C21H23ClN2O5S2/c1-13(2)4-9-18(25)24-11-10-16-17(12-24)30-21(19(16)20(26)29-3)31(27,28)23-15-7-5-14(22)6-8-15/h4-9,13,23H,10-12H2,1-3H3. The molecular formula is C21H23ClN2O5S2. The van der Waals surface area contributed by atoms with Gasteiger partial charge in [0.1, 0.15) is 0 Å². The smallest absolute Gasteiger partial charge is 0.340 e. The van der Waals surface area contributed by atoms with Gasteiger partial charge in [-0.1, -0.05) is 31.5 Å². The molecule has 7 nitrogen and oxygen atoms in total. The number of thiophene rings is 1. The summed E-state index contributed by atoms with van der Waals surface area (Å²) in [5, 5.41) is 0.473. The van der Waals surface area contributed by atoms with Crippen molar-refractivity contribution in [2.24, 2.45) is 5.92 Å². The number of fused-ring (bicyclic) bond motifs is 1. The van der Waals surface area contributed by atoms with Crippen LogP contribution in [0.2, 0.25) is 5.02 Å². The fraction of sp³-hybridized carbons (Fsp3) is 0.333. The number of benzene rings is 1. The van der Waals surface area contributed by atoms with E-state index in [1.54, 1.807) is 17.0 Å². The zero-order chi connectivity index (χ0) is 22.8. The maximum atomic E-state index is 13.1. The van der Waals surface area contributed by atoms with Crippen molar-refractivity contribution in [2.45, 2.75) is 31.0 Å². The number of anilines is 1. The molecule has 2 heterocycles. The summed E-state index contributed by atoms with van der Waals surface area (Å²) in [5.74, 6) is -0.614. The van der Waals surface area contributed by atoms with Gasteiger partial charge in [0.15, 0.2) is 4.21 Å². The van der Waals surface area contributed by atoms with E-state index in [4.69, 9.17) is 16.3 Å². The molecule has 0 aliphatic carbocycles. The lowest BCUT2D eigenvalue weighted by atomic mass is 10.0. The van der Waals surface area contributed by atoms with Crippen LogP contribution in [-0.4, -0.2) is 38.8 Å². The SMILES string of the molecule is COC(=O)c1c(S(=O)(=O)Nc2ccc(Cl)cc2)sc2c1CCN(C(=O)C=CC(C)C)C2. The molecule has 0 bridgehead atoms. The number of carbonyl (C=O) groups is 2. The number of sulfonamides is 1. The zero-order valence-electron chi connectivity index (χ0n) is 17.3. The van der Waals surface area contributed by atoms with Crippen LogP contribution in [0.25, 0.3) is 0 Å². The number of ether oxygens (including phenoxy) is 1. The van der Waals surface area contributed by atoms with E-state index in [0.29, 0.717) is 34.1 Å². The number of amides is 1. The number of nitrogens with one attached hydrogen (secondary N) is 1. The highest BCUT2D eigenvalue weighted by atomic mass is 35.5. The van der Waals surface area contributed by atoms with Crippen molar-refractivity contribution in [3.05, 3.63) is 57.4 Å². The third kappa shape index (κ3) is 5.28. The normalized spacial score (nSPS) is 14.0. The second-order valence-corrected chi connectivity index (χ2v) is 10.8. The molecule has 1 N–H and O–H groups in total. The maximum absolute atomic E-state index is 13.1. The Morgan fingerprint density at radius 3 is 2.55 bits per heavy atom. The Morgan fingerprint density at radius 1 is 1.26 bits per heavy atom. The van der Waals surface area contributed by atoms with Crippen LogP contribution >= 0.6 is 22.9 Å². The van der Waals surface area contributed by atoms with Crippen LogP contribution in [0, 0.1) is 5.92 Å². The highest BCUT2D eigenvalue weighted by Crippen LogP contribution is 2.37. The number of esters is 1. The monoisotopic (exact) mass is 482 g/mol. The topological polar surface area (TPSA) is 92.8 Å². The van der Waals surface area contributed by atoms with E-state index in [1.807, 2.05) is 19.9 Å². The molecule has 0 atom stereocenters. The fourth-order valence-electron chi connectivity index (χ4n) is 3.16. The van der Waals surface area contributed by atoms with Gasteiger partial charge in [0.25, 0.3) is 10.0 Å². The molecule has 0 unspecified atom stereocenters. The molecule has 0 fully saturated rings. The molecule has 166 valence electrons. The van der Waals surface area contributed by atoms with Crippen molar-refractivity contribution in [1.82, 2.24) is 4.90 Å². The number of methoxy groups -OCH3 is 1. The van der Waals surface area contributed by atoms with Gasteiger partial charge in [-0.05, 0) is 48.2 Å². The zero-order valence-corrected chi connectivity index (χ0v) is 19.7. The summed E-state index contributed by atoms with van der Waals surface area (Å²) >= 11 is 6.84. The average molecular weight is 483 g/mol. The molecule has 1 aliphatic heterocycles. The summed E-state index contributed by atoms with van der Waals surface area (Å²) < 4.78 is 33.4. The van der Waals surface area contributed by atoms with Gasteiger partial charge in [0.05, 0.1) is 19.2 Å². The molecule has 10 heteroatoms. The summed E-state index contributed by atoms with van der Waals surface area (Å²) in [6, 6.07) is 6.20. The maximum Gasteiger partial charge on any atom is 0.340 e. The first kappa shape index (κ1) is 23.3. The van der Waals surface area contributed by atoms with E-state index >= 15 is 0 Å². The molecule has 1 aliphatic rings. The summed E-state index contributed by atoms with van der Waals surface area (Å²) in [4.78, 5) is 27.3. The van der Waals surface area contributed by atoms with E-state index in [9.17, 15) is 18.0 Å². The molecule has 2 aromatic rings. The van der Waals surface area contributed by atoms with Gasteiger partial charge in [0, 0.05) is 22.1 Å². The first-order valence-corrected chi connectivity index (χ1v) is 12.3. The Morgan fingerprint density at radius 2 is 1.94 bits per heavy atom. The quantitative estimate of drug-likeness (QED) is 0.494. The van der Waals surface area contributed by atoms with Crippen molar-refractivity contribution in [2.75, 3.05) is 18.4 Å². The van der Waals surface area contributed by atoms with E-state index in [2.05, 4.69) is 4.72 Å². The van der Waals surface area contributed by atoms with Gasteiger partial charge in [0.2, 0.25) is 5.91 Å². The van der Waals surface area contributed by atoms with Gasteiger partial charge in [-0.3, -0.25) is 9.52 Å². The second-order valence-electron chi connectivity index (χ2n) is 7.38. The van der Waals surface area contributed by atoms with Crippen LogP contribution in [0.3, 0.4) is 0 Å². The summed E-state index contributed by atoms with van der Waals surface area (Å²) in [6.07, 6.45) is 3.72. The van der Waals surface area contributed by atoms with Crippen molar-refractivity contribution in [1.29, 1.82) is 0 Å². The number of halogens is 1. The lowest BCUT2D eigenvalue weighted by Gasteiger charge is -2.26. The third-order valence-electron chi connectivity index (χ3n) is 4.69. The lowest BCUT2D eigenvalue weighted by Crippen LogP contribution is -2.34. The number of hydrogen-bond donors (Lipinski definition) is 1. The first-order chi connectivity index (χ1) is 14.6. The fourth-order valence-corrected chi connectivity index (χ4v) is 6.25. The highest BCUT2D eigenvalue weighted by Gasteiger charge is 2.34. The minimum Gasteiger partial charge on any atom is -0.465 e. The molecule has 3 rings (SSSR count). The van der Waals surface area contributed by atoms with Crippen LogP contribution in [0.1, 0.15) is 34.6 Å². The van der Waals surface area contributed by atoms with Crippen LogP contribution < -0.4 is 4.72 Å². The molecule has 0 saturated heterocycles. The Labute approximate surface area is 190 Å². The number of nitrogens with zero attached hydrogens (tertiary/aromatic N) is 1. The van der Waals surface area contributed by atoms with Crippen molar-refractivity contribution < 1.29 is 22.7 Å². The molecule has 0 saturated carbocycles.